The molecule has 1 amide bonds. The summed E-state index contributed by atoms with van der Waals surface area (Å²) in [5.74, 6) is -0.767. The lowest BCUT2D eigenvalue weighted by atomic mass is 9.93. The van der Waals surface area contributed by atoms with Crippen LogP contribution in [-0.4, -0.2) is 43.2 Å². The zero-order valence-corrected chi connectivity index (χ0v) is 24.0. The zero-order valence-electron chi connectivity index (χ0n) is 20.8. The van der Waals surface area contributed by atoms with Gasteiger partial charge in [-0.15, -0.1) is 0 Å². The van der Waals surface area contributed by atoms with Gasteiger partial charge in [0.25, 0.3) is 5.91 Å². The number of amides is 1. The molecule has 4 rings (SSSR count). The first kappa shape index (κ1) is 28.5. The lowest BCUT2D eigenvalue weighted by molar-refractivity contribution is -0.133. The molecule has 0 aliphatic carbocycles. The first-order valence-corrected chi connectivity index (χ1v) is 13.0. The number of benzene rings is 2. The Bertz CT molecular complexity index is 1170. The molecule has 6 nitrogen and oxygen atoms in total. The Morgan fingerprint density at radius 2 is 1.50 bits per heavy atom. The standard InChI is InChI=1S/C15H19BrFNO3.C11H10BrFO2/c1-15(2)14(19)18(6-4-5-7-20-3)12-9-10(16)8-11(17)13(12)21-15;1-11(2)9(14)4-6-3-7(12)5-8(13)10(6)15-11/h8-9H,4-7H2,1-3H3;3,5H,4H2,1-2H3. The molecule has 10 heteroatoms. The summed E-state index contributed by atoms with van der Waals surface area (Å²) in [6.07, 6.45) is 1.84. The lowest BCUT2D eigenvalue weighted by Gasteiger charge is -2.39. The molecule has 0 radical (unpaired) electrons. The van der Waals surface area contributed by atoms with Gasteiger partial charge in [0.2, 0.25) is 0 Å². The van der Waals surface area contributed by atoms with E-state index in [1.165, 1.54) is 12.1 Å². The number of unbranched alkanes of at least 4 members (excludes halogenated alkanes) is 1. The monoisotopic (exact) mass is 631 g/mol. The number of ether oxygens (including phenoxy) is 3. The molecule has 2 aromatic carbocycles. The quantitative estimate of drug-likeness (QED) is 0.358. The SMILES string of the molecule is CC1(C)Oc2c(F)cc(Br)cc2CC1=O.COCCCCN1C(=O)C(C)(C)Oc2c(F)cc(Br)cc21. The lowest BCUT2D eigenvalue weighted by Crippen LogP contribution is -2.53. The minimum atomic E-state index is -1.07. The Labute approximate surface area is 226 Å². The number of methoxy groups -OCH3 is 1. The molecule has 2 aliphatic heterocycles. The van der Waals surface area contributed by atoms with Gasteiger partial charge in [0.15, 0.2) is 40.1 Å². The topological polar surface area (TPSA) is 65.1 Å². The Balaban J connectivity index is 0.000000212. The van der Waals surface area contributed by atoms with E-state index in [-0.39, 0.29) is 29.6 Å². The normalized spacial score (nSPS) is 17.3. The van der Waals surface area contributed by atoms with Crippen molar-refractivity contribution in [1.29, 1.82) is 0 Å². The average molecular weight is 633 g/mol. The van der Waals surface area contributed by atoms with Gasteiger partial charge in [-0.3, -0.25) is 9.59 Å². The minimum absolute atomic E-state index is 0.0347. The van der Waals surface area contributed by atoms with Gasteiger partial charge in [0.1, 0.15) is 0 Å². The predicted octanol–water partition coefficient (Wildman–Crippen LogP) is 6.39. The van der Waals surface area contributed by atoms with Crippen LogP contribution in [0.25, 0.3) is 0 Å². The molecule has 196 valence electrons. The van der Waals surface area contributed by atoms with E-state index in [0.29, 0.717) is 33.3 Å². The first-order valence-electron chi connectivity index (χ1n) is 11.5. The molecule has 2 aromatic rings. The number of fused-ring (bicyclic) bond motifs is 2. The van der Waals surface area contributed by atoms with E-state index in [1.807, 2.05) is 0 Å². The van der Waals surface area contributed by atoms with E-state index in [2.05, 4.69) is 31.9 Å². The molecule has 2 aliphatic rings. The van der Waals surface area contributed by atoms with Crippen LogP contribution in [0.2, 0.25) is 0 Å². The fraction of sp³-hybridized carbons (Fsp3) is 0.462. The summed E-state index contributed by atoms with van der Waals surface area (Å²) >= 11 is 6.44. The fourth-order valence-electron chi connectivity index (χ4n) is 3.88. The molecule has 36 heavy (non-hydrogen) atoms. The third kappa shape index (κ3) is 6.26. The van der Waals surface area contributed by atoms with E-state index in [4.69, 9.17) is 14.2 Å². The van der Waals surface area contributed by atoms with Gasteiger partial charge < -0.3 is 19.1 Å². The van der Waals surface area contributed by atoms with Crippen LogP contribution < -0.4 is 14.4 Å². The summed E-state index contributed by atoms with van der Waals surface area (Å²) in [7, 11) is 1.64. The van der Waals surface area contributed by atoms with E-state index in [9.17, 15) is 18.4 Å². The highest BCUT2D eigenvalue weighted by Crippen LogP contribution is 2.41. The molecular formula is C26H29Br2F2NO5. The average Bonchev–Trinajstić information content (AvgIpc) is 2.76. The number of ketones is 1. The summed E-state index contributed by atoms with van der Waals surface area (Å²) in [5, 5.41) is 0. The molecule has 0 fully saturated rings. The Kier molecular flexibility index (Phi) is 8.83. The summed E-state index contributed by atoms with van der Waals surface area (Å²) in [6, 6.07) is 6.10. The number of hydrogen-bond acceptors (Lipinski definition) is 5. The molecule has 0 atom stereocenters. The van der Waals surface area contributed by atoms with E-state index < -0.39 is 22.8 Å². The van der Waals surface area contributed by atoms with Gasteiger partial charge in [-0.2, -0.15) is 0 Å². The van der Waals surface area contributed by atoms with E-state index >= 15 is 0 Å². The summed E-state index contributed by atoms with van der Waals surface area (Å²) in [5.41, 5.74) is -0.917. The number of anilines is 1. The molecular weight excluding hydrogens is 604 g/mol. The summed E-state index contributed by atoms with van der Waals surface area (Å²) in [4.78, 5) is 25.8. The van der Waals surface area contributed by atoms with Crippen LogP contribution in [0.3, 0.4) is 0 Å². The van der Waals surface area contributed by atoms with Gasteiger partial charge in [0.05, 0.1) is 5.69 Å². The van der Waals surface area contributed by atoms with Crippen molar-refractivity contribution in [2.75, 3.05) is 25.2 Å². The van der Waals surface area contributed by atoms with Gasteiger partial charge in [-0.25, -0.2) is 8.78 Å². The number of Topliss-reactive ketones (excluding diaryl/α,β-unsaturated/α-hetero) is 1. The Morgan fingerprint density at radius 3 is 2.14 bits per heavy atom. The van der Waals surface area contributed by atoms with Crippen LogP contribution in [0, 0.1) is 11.6 Å². The van der Waals surface area contributed by atoms with Crippen LogP contribution in [0.1, 0.15) is 46.1 Å². The summed E-state index contributed by atoms with van der Waals surface area (Å²) < 4.78 is 44.8. The molecule has 0 N–H and O–H groups in total. The number of halogens is 4. The maximum absolute atomic E-state index is 14.1. The van der Waals surface area contributed by atoms with Crippen molar-refractivity contribution in [1.82, 2.24) is 0 Å². The van der Waals surface area contributed by atoms with Crippen LogP contribution in [-0.2, 0) is 20.7 Å². The predicted molar refractivity (Wildman–Crippen MR) is 140 cm³/mol. The van der Waals surface area contributed by atoms with Crippen molar-refractivity contribution in [3.63, 3.8) is 0 Å². The number of nitrogens with zero attached hydrogens (tertiary/aromatic N) is 1. The van der Waals surface area contributed by atoms with Crippen LogP contribution in [0.4, 0.5) is 14.5 Å². The van der Waals surface area contributed by atoms with Gasteiger partial charge in [-0.1, -0.05) is 31.9 Å². The van der Waals surface area contributed by atoms with Crippen LogP contribution in [0.15, 0.2) is 33.2 Å². The second-order valence-corrected chi connectivity index (χ2v) is 11.4. The van der Waals surface area contributed by atoms with Gasteiger partial charge >= 0.3 is 0 Å². The molecule has 0 bridgehead atoms. The van der Waals surface area contributed by atoms with E-state index in [0.717, 1.165) is 12.8 Å². The highest BCUT2D eigenvalue weighted by molar-refractivity contribution is 9.10. The number of rotatable bonds is 5. The molecule has 0 saturated carbocycles. The minimum Gasteiger partial charge on any atom is -0.477 e. The molecule has 0 saturated heterocycles. The largest absolute Gasteiger partial charge is 0.477 e. The van der Waals surface area contributed by atoms with E-state index in [1.54, 1.807) is 51.8 Å². The second kappa shape index (κ2) is 11.1. The summed E-state index contributed by atoms with van der Waals surface area (Å²) in [6.45, 7) is 7.77. The smallest absolute Gasteiger partial charge is 0.270 e. The highest BCUT2D eigenvalue weighted by Gasteiger charge is 2.42. The van der Waals surface area contributed by atoms with Crippen molar-refractivity contribution in [3.05, 3.63) is 50.4 Å². The molecule has 0 unspecified atom stereocenters. The van der Waals surface area contributed by atoms with Crippen LogP contribution >= 0.6 is 31.9 Å². The Morgan fingerprint density at radius 1 is 0.917 bits per heavy atom. The molecule has 0 aromatic heterocycles. The highest BCUT2D eigenvalue weighted by atomic mass is 79.9. The second-order valence-electron chi connectivity index (χ2n) is 9.59. The number of hydrogen-bond donors (Lipinski definition) is 0. The Hall–Kier alpha value is -2.04. The maximum atomic E-state index is 14.1. The first-order chi connectivity index (χ1) is 16.8. The van der Waals surface area contributed by atoms with Crippen LogP contribution in [0.5, 0.6) is 11.5 Å². The maximum Gasteiger partial charge on any atom is 0.270 e. The van der Waals surface area contributed by atoms with Crippen molar-refractivity contribution < 1.29 is 32.6 Å². The third-order valence-corrected chi connectivity index (χ3v) is 6.76. The number of carbonyl (C=O) groups is 2. The third-order valence-electron chi connectivity index (χ3n) is 5.84. The van der Waals surface area contributed by atoms with Gasteiger partial charge in [-0.05, 0) is 64.8 Å². The number of carbonyl (C=O) groups excluding carboxylic acids is 2. The van der Waals surface area contributed by atoms with Crippen molar-refractivity contribution >= 4 is 49.2 Å². The fourth-order valence-corrected chi connectivity index (χ4v) is 4.77. The van der Waals surface area contributed by atoms with Crippen molar-refractivity contribution in [2.45, 2.75) is 58.2 Å². The molecule has 0 spiro atoms. The van der Waals surface area contributed by atoms with Gasteiger partial charge in [0, 0.05) is 41.2 Å². The molecule has 2 heterocycles. The van der Waals surface area contributed by atoms with Crippen molar-refractivity contribution in [2.24, 2.45) is 0 Å². The zero-order chi connectivity index (χ0) is 26.8. The van der Waals surface area contributed by atoms with Crippen molar-refractivity contribution in [3.8, 4) is 11.5 Å².